The second kappa shape index (κ2) is 6.20. The number of amides is 1. The van der Waals surface area contributed by atoms with Crippen molar-refractivity contribution in [1.29, 1.82) is 0 Å². The van der Waals surface area contributed by atoms with Gasteiger partial charge in [-0.3, -0.25) is 4.79 Å². The lowest BCUT2D eigenvalue weighted by Gasteiger charge is -2.15. The van der Waals surface area contributed by atoms with Crippen LogP contribution in [-0.2, 0) is 11.3 Å². The highest BCUT2D eigenvalue weighted by Gasteiger charge is 2.16. The number of hydrogen-bond donors (Lipinski definition) is 1. The highest BCUT2D eigenvalue weighted by molar-refractivity contribution is 6.31. The first-order chi connectivity index (χ1) is 10.7. The molecule has 0 spiro atoms. The van der Waals surface area contributed by atoms with Crippen LogP contribution in [0.2, 0.25) is 5.02 Å². The minimum absolute atomic E-state index is 0.0666. The maximum Gasteiger partial charge on any atom is 0.243 e. The highest BCUT2D eigenvalue weighted by atomic mass is 35.5. The Morgan fingerprint density at radius 1 is 1.23 bits per heavy atom. The molecule has 4 nitrogen and oxygen atoms in total. The molecule has 2 aromatic carbocycles. The van der Waals surface area contributed by atoms with Gasteiger partial charge < -0.3 is 9.88 Å². The lowest BCUT2D eigenvalue weighted by atomic mass is 10.2. The predicted octanol–water partition coefficient (Wildman–Crippen LogP) is 3.57. The molecule has 3 rings (SSSR count). The van der Waals surface area contributed by atoms with E-state index in [0.717, 1.165) is 16.6 Å². The largest absolute Gasteiger partial charge is 0.350 e. The third kappa shape index (κ3) is 2.83. The molecule has 112 valence electrons. The number of aromatic nitrogens is 2. The summed E-state index contributed by atoms with van der Waals surface area (Å²) < 4.78 is 1.87. The quantitative estimate of drug-likeness (QED) is 0.800. The molecule has 0 saturated carbocycles. The molecule has 0 bridgehead atoms. The SMILES string of the molecule is CC(C(=O)NCc1ccccc1Cl)n1cnc2ccccc21. The van der Waals surface area contributed by atoms with E-state index in [4.69, 9.17) is 11.6 Å². The number of benzene rings is 2. The van der Waals surface area contributed by atoms with Crippen LogP contribution in [0.3, 0.4) is 0 Å². The number of nitrogens with zero attached hydrogens (tertiary/aromatic N) is 2. The minimum Gasteiger partial charge on any atom is -0.350 e. The van der Waals surface area contributed by atoms with E-state index in [1.807, 2.05) is 60.0 Å². The van der Waals surface area contributed by atoms with Crippen LogP contribution in [0.5, 0.6) is 0 Å². The molecule has 0 fully saturated rings. The van der Waals surface area contributed by atoms with Gasteiger partial charge in [0.15, 0.2) is 0 Å². The average molecular weight is 314 g/mol. The molecule has 0 aliphatic carbocycles. The van der Waals surface area contributed by atoms with Gasteiger partial charge in [0.25, 0.3) is 0 Å². The van der Waals surface area contributed by atoms with Crippen molar-refractivity contribution in [2.24, 2.45) is 0 Å². The summed E-state index contributed by atoms with van der Waals surface area (Å²) in [6, 6.07) is 14.9. The number of nitrogens with one attached hydrogen (secondary N) is 1. The maximum absolute atomic E-state index is 12.4. The molecule has 0 radical (unpaired) electrons. The van der Waals surface area contributed by atoms with Crippen molar-refractivity contribution >= 4 is 28.5 Å². The Balaban J connectivity index is 1.73. The molecular weight excluding hydrogens is 298 g/mol. The Morgan fingerprint density at radius 3 is 2.77 bits per heavy atom. The van der Waals surface area contributed by atoms with Crippen LogP contribution in [0.1, 0.15) is 18.5 Å². The molecule has 1 atom stereocenters. The molecule has 1 heterocycles. The van der Waals surface area contributed by atoms with Gasteiger partial charge in [-0.25, -0.2) is 4.98 Å². The van der Waals surface area contributed by atoms with Gasteiger partial charge >= 0.3 is 0 Å². The zero-order valence-corrected chi connectivity index (χ0v) is 12.9. The number of halogens is 1. The summed E-state index contributed by atoms with van der Waals surface area (Å²) in [6.45, 7) is 2.27. The van der Waals surface area contributed by atoms with Gasteiger partial charge in [0, 0.05) is 11.6 Å². The van der Waals surface area contributed by atoms with Crippen LogP contribution in [0.15, 0.2) is 54.9 Å². The van der Waals surface area contributed by atoms with Crippen LogP contribution in [0.4, 0.5) is 0 Å². The smallest absolute Gasteiger partial charge is 0.243 e. The average Bonchev–Trinajstić information content (AvgIpc) is 2.97. The number of carbonyl (C=O) groups excluding carboxylic acids is 1. The normalized spacial score (nSPS) is 12.3. The Hall–Kier alpha value is -2.33. The summed E-state index contributed by atoms with van der Waals surface area (Å²) in [5.41, 5.74) is 2.73. The highest BCUT2D eigenvalue weighted by Crippen LogP contribution is 2.18. The molecule has 0 aliphatic heterocycles. The number of imidazole rings is 1. The molecular formula is C17H16ClN3O. The molecule has 5 heteroatoms. The standard InChI is InChI=1S/C17H16ClN3O/c1-12(21-11-20-15-8-4-5-9-16(15)21)17(22)19-10-13-6-2-3-7-14(13)18/h2-9,11-12H,10H2,1H3,(H,19,22). The van der Waals surface area contributed by atoms with Gasteiger partial charge in [0.1, 0.15) is 6.04 Å². The first-order valence-corrected chi connectivity index (χ1v) is 7.47. The van der Waals surface area contributed by atoms with E-state index >= 15 is 0 Å². The van der Waals surface area contributed by atoms with E-state index in [9.17, 15) is 4.79 Å². The van der Waals surface area contributed by atoms with E-state index < -0.39 is 0 Å². The zero-order chi connectivity index (χ0) is 15.5. The summed E-state index contributed by atoms with van der Waals surface area (Å²) in [6.07, 6.45) is 1.70. The van der Waals surface area contributed by atoms with E-state index in [1.165, 1.54) is 0 Å². The molecule has 1 aromatic heterocycles. The van der Waals surface area contributed by atoms with Gasteiger partial charge in [-0.15, -0.1) is 0 Å². The van der Waals surface area contributed by atoms with Crippen LogP contribution >= 0.6 is 11.6 Å². The van der Waals surface area contributed by atoms with E-state index in [1.54, 1.807) is 6.33 Å². The summed E-state index contributed by atoms with van der Waals surface area (Å²) in [5.74, 6) is -0.0666. The lowest BCUT2D eigenvalue weighted by Crippen LogP contribution is -2.30. The fourth-order valence-electron chi connectivity index (χ4n) is 2.39. The topological polar surface area (TPSA) is 46.9 Å². The number of fused-ring (bicyclic) bond motifs is 1. The first-order valence-electron chi connectivity index (χ1n) is 7.09. The molecule has 3 aromatic rings. The van der Waals surface area contributed by atoms with Gasteiger partial charge in [0.05, 0.1) is 17.4 Å². The predicted molar refractivity (Wildman–Crippen MR) is 87.7 cm³/mol. The Kier molecular flexibility index (Phi) is 4.11. The van der Waals surface area contributed by atoms with Gasteiger partial charge in [-0.2, -0.15) is 0 Å². The van der Waals surface area contributed by atoms with E-state index in [0.29, 0.717) is 11.6 Å². The maximum atomic E-state index is 12.4. The van der Waals surface area contributed by atoms with Gasteiger partial charge in [0.2, 0.25) is 5.91 Å². The molecule has 22 heavy (non-hydrogen) atoms. The zero-order valence-electron chi connectivity index (χ0n) is 12.2. The third-order valence-corrected chi connectivity index (χ3v) is 4.06. The van der Waals surface area contributed by atoms with Crippen molar-refractivity contribution in [3.8, 4) is 0 Å². The third-order valence-electron chi connectivity index (χ3n) is 3.69. The van der Waals surface area contributed by atoms with Crippen LogP contribution in [0, 0.1) is 0 Å². The Morgan fingerprint density at radius 2 is 1.95 bits per heavy atom. The molecule has 1 unspecified atom stereocenters. The van der Waals surface area contributed by atoms with Crippen molar-refractivity contribution in [3.63, 3.8) is 0 Å². The van der Waals surface area contributed by atoms with Crippen LogP contribution in [-0.4, -0.2) is 15.5 Å². The molecule has 1 amide bonds. The monoisotopic (exact) mass is 313 g/mol. The summed E-state index contributed by atoms with van der Waals surface area (Å²) in [5, 5.41) is 3.58. The number of hydrogen-bond acceptors (Lipinski definition) is 2. The van der Waals surface area contributed by atoms with Crippen molar-refractivity contribution in [1.82, 2.24) is 14.9 Å². The van der Waals surface area contributed by atoms with E-state index in [-0.39, 0.29) is 11.9 Å². The number of para-hydroxylation sites is 2. The molecule has 1 N–H and O–H groups in total. The summed E-state index contributed by atoms with van der Waals surface area (Å²) in [7, 11) is 0. The first kappa shape index (κ1) is 14.6. The summed E-state index contributed by atoms with van der Waals surface area (Å²) >= 11 is 6.10. The van der Waals surface area contributed by atoms with Crippen molar-refractivity contribution < 1.29 is 4.79 Å². The van der Waals surface area contributed by atoms with Crippen molar-refractivity contribution in [3.05, 3.63) is 65.4 Å². The summed E-state index contributed by atoms with van der Waals surface area (Å²) in [4.78, 5) is 16.7. The van der Waals surface area contributed by atoms with Crippen LogP contribution < -0.4 is 5.32 Å². The van der Waals surface area contributed by atoms with Gasteiger partial charge in [-0.1, -0.05) is 41.9 Å². The van der Waals surface area contributed by atoms with E-state index in [2.05, 4.69) is 10.3 Å². The second-order valence-electron chi connectivity index (χ2n) is 5.13. The van der Waals surface area contributed by atoms with Crippen LogP contribution in [0.25, 0.3) is 11.0 Å². The molecule has 0 saturated heterocycles. The van der Waals surface area contributed by atoms with Gasteiger partial charge in [-0.05, 0) is 30.7 Å². The second-order valence-corrected chi connectivity index (χ2v) is 5.53. The Labute approximate surface area is 133 Å². The Bertz CT molecular complexity index is 812. The van der Waals surface area contributed by atoms with Crippen molar-refractivity contribution in [2.75, 3.05) is 0 Å². The van der Waals surface area contributed by atoms with Crippen molar-refractivity contribution in [2.45, 2.75) is 19.5 Å². The number of rotatable bonds is 4. The fraction of sp³-hybridized carbons (Fsp3) is 0.176. The number of carbonyl (C=O) groups is 1. The molecule has 0 aliphatic rings. The fourth-order valence-corrected chi connectivity index (χ4v) is 2.59. The minimum atomic E-state index is -0.338. The lowest BCUT2D eigenvalue weighted by molar-refractivity contribution is -0.123.